The van der Waals surface area contributed by atoms with Gasteiger partial charge in [0.25, 0.3) is 0 Å². The highest BCUT2D eigenvalue weighted by Gasteiger charge is 2.32. The van der Waals surface area contributed by atoms with Crippen LogP contribution >= 0.6 is 0 Å². The van der Waals surface area contributed by atoms with Gasteiger partial charge in [-0.3, -0.25) is 4.79 Å². The number of carbonyl (C=O) groups is 1. The van der Waals surface area contributed by atoms with E-state index in [0.717, 1.165) is 5.82 Å². The summed E-state index contributed by atoms with van der Waals surface area (Å²) >= 11 is 0. The van der Waals surface area contributed by atoms with Crippen LogP contribution in [0.1, 0.15) is 44.3 Å². The lowest BCUT2D eigenvalue weighted by atomic mass is 10.1. The molecule has 16 heavy (non-hydrogen) atoms. The Morgan fingerprint density at radius 1 is 1.62 bits per heavy atom. The highest BCUT2D eigenvalue weighted by atomic mass is 16.4. The highest BCUT2D eigenvalue weighted by molar-refractivity contribution is 5.66. The molecule has 0 spiro atoms. The molecule has 1 aromatic rings. The van der Waals surface area contributed by atoms with Gasteiger partial charge in [-0.05, 0) is 35.6 Å². The third-order valence-electron chi connectivity index (χ3n) is 3.06. The minimum Gasteiger partial charge on any atom is -0.481 e. The average Bonchev–Trinajstić information content (AvgIpc) is 2.98. The highest BCUT2D eigenvalue weighted by Crippen LogP contribution is 2.41. The number of tetrazole rings is 1. The van der Waals surface area contributed by atoms with Gasteiger partial charge in [-0.15, -0.1) is 5.10 Å². The van der Waals surface area contributed by atoms with Crippen LogP contribution in [-0.4, -0.2) is 31.3 Å². The monoisotopic (exact) mass is 224 g/mol. The molecule has 88 valence electrons. The molecular weight excluding hydrogens is 208 g/mol. The van der Waals surface area contributed by atoms with Crippen LogP contribution in [0.2, 0.25) is 0 Å². The summed E-state index contributed by atoms with van der Waals surface area (Å²) in [7, 11) is 0. The average molecular weight is 224 g/mol. The van der Waals surface area contributed by atoms with E-state index in [1.54, 1.807) is 4.68 Å². The smallest absolute Gasteiger partial charge is 0.303 e. The Kier molecular flexibility index (Phi) is 3.17. The minimum absolute atomic E-state index is 0.164. The molecule has 6 heteroatoms. The van der Waals surface area contributed by atoms with Gasteiger partial charge in [-0.2, -0.15) is 0 Å². The Morgan fingerprint density at radius 2 is 2.38 bits per heavy atom. The van der Waals surface area contributed by atoms with E-state index in [1.807, 2.05) is 0 Å². The van der Waals surface area contributed by atoms with E-state index in [0.29, 0.717) is 24.8 Å². The van der Waals surface area contributed by atoms with Crippen molar-refractivity contribution in [2.75, 3.05) is 0 Å². The van der Waals surface area contributed by atoms with Gasteiger partial charge in [0, 0.05) is 18.9 Å². The molecule has 1 atom stereocenters. The lowest BCUT2D eigenvalue weighted by Crippen LogP contribution is -2.11. The van der Waals surface area contributed by atoms with Gasteiger partial charge in [0.2, 0.25) is 0 Å². The molecule has 1 saturated carbocycles. The van der Waals surface area contributed by atoms with Crippen molar-refractivity contribution in [2.45, 2.75) is 45.1 Å². The summed E-state index contributed by atoms with van der Waals surface area (Å²) < 4.78 is 1.74. The van der Waals surface area contributed by atoms with Crippen LogP contribution in [0.5, 0.6) is 0 Å². The third-order valence-corrected chi connectivity index (χ3v) is 3.06. The molecule has 0 radical (unpaired) electrons. The number of carboxylic acids is 1. The quantitative estimate of drug-likeness (QED) is 0.781. The molecular formula is C10H16N4O2. The van der Waals surface area contributed by atoms with Crippen molar-refractivity contribution in [3.63, 3.8) is 0 Å². The Bertz CT molecular complexity index is 373. The van der Waals surface area contributed by atoms with Crippen molar-refractivity contribution >= 4 is 5.97 Å². The number of carboxylic acid groups (broad SMARTS) is 1. The number of hydrogen-bond acceptors (Lipinski definition) is 4. The molecule has 1 fully saturated rings. The first kappa shape index (κ1) is 11.0. The van der Waals surface area contributed by atoms with Crippen molar-refractivity contribution in [3.8, 4) is 0 Å². The normalized spacial score (nSPS) is 17.3. The van der Waals surface area contributed by atoms with Crippen LogP contribution in [0, 0.1) is 5.92 Å². The third kappa shape index (κ3) is 2.56. The minimum atomic E-state index is -0.773. The van der Waals surface area contributed by atoms with Gasteiger partial charge in [0.05, 0.1) is 0 Å². The maximum absolute atomic E-state index is 10.4. The zero-order valence-corrected chi connectivity index (χ0v) is 9.33. The van der Waals surface area contributed by atoms with Gasteiger partial charge < -0.3 is 5.11 Å². The first-order valence-electron chi connectivity index (χ1n) is 5.66. The lowest BCUT2D eigenvalue weighted by molar-refractivity contribution is -0.137. The molecule has 0 amide bonds. The number of rotatable bonds is 6. The fourth-order valence-electron chi connectivity index (χ4n) is 1.88. The summed E-state index contributed by atoms with van der Waals surface area (Å²) in [6.07, 6.45) is 3.24. The van der Waals surface area contributed by atoms with E-state index in [-0.39, 0.29) is 6.42 Å². The van der Waals surface area contributed by atoms with Crippen LogP contribution < -0.4 is 0 Å². The number of aryl methyl sites for hydroxylation is 1. The molecule has 1 heterocycles. The largest absolute Gasteiger partial charge is 0.481 e. The fraction of sp³-hybridized carbons (Fsp3) is 0.800. The maximum Gasteiger partial charge on any atom is 0.303 e. The second-order valence-electron chi connectivity index (χ2n) is 4.38. The van der Waals surface area contributed by atoms with E-state index in [9.17, 15) is 4.79 Å². The van der Waals surface area contributed by atoms with Crippen molar-refractivity contribution in [3.05, 3.63) is 5.82 Å². The zero-order valence-electron chi connectivity index (χ0n) is 9.33. The van der Waals surface area contributed by atoms with Crippen molar-refractivity contribution < 1.29 is 9.90 Å². The molecule has 1 aliphatic carbocycles. The molecule has 2 rings (SSSR count). The van der Waals surface area contributed by atoms with Crippen LogP contribution in [0.15, 0.2) is 0 Å². The summed E-state index contributed by atoms with van der Waals surface area (Å²) in [6, 6.07) is 0. The summed E-state index contributed by atoms with van der Waals surface area (Å²) in [6.45, 7) is 2.72. The van der Waals surface area contributed by atoms with E-state index in [4.69, 9.17) is 5.11 Å². The second-order valence-corrected chi connectivity index (χ2v) is 4.38. The molecule has 6 nitrogen and oxygen atoms in total. The predicted octanol–water partition coefficient (Wildman–Crippen LogP) is 1.05. The van der Waals surface area contributed by atoms with Crippen LogP contribution in [0.4, 0.5) is 0 Å². The zero-order chi connectivity index (χ0) is 11.5. The Hall–Kier alpha value is -1.46. The van der Waals surface area contributed by atoms with Gasteiger partial charge >= 0.3 is 5.97 Å². The summed E-state index contributed by atoms with van der Waals surface area (Å²) in [4.78, 5) is 10.4. The second kappa shape index (κ2) is 4.59. The predicted molar refractivity (Wildman–Crippen MR) is 55.8 cm³/mol. The van der Waals surface area contributed by atoms with Gasteiger partial charge in [0.1, 0.15) is 0 Å². The van der Waals surface area contributed by atoms with Crippen LogP contribution in [-0.2, 0) is 11.3 Å². The Balaban J connectivity index is 1.93. The summed E-state index contributed by atoms with van der Waals surface area (Å²) in [5.41, 5.74) is 0. The van der Waals surface area contributed by atoms with Crippen molar-refractivity contribution in [1.29, 1.82) is 0 Å². The number of hydrogen-bond donors (Lipinski definition) is 1. The molecule has 0 saturated heterocycles. The maximum atomic E-state index is 10.4. The van der Waals surface area contributed by atoms with E-state index < -0.39 is 5.97 Å². The van der Waals surface area contributed by atoms with E-state index >= 15 is 0 Å². The lowest BCUT2D eigenvalue weighted by Gasteiger charge is -2.09. The Morgan fingerprint density at radius 3 is 3.00 bits per heavy atom. The Labute approximate surface area is 93.6 Å². The van der Waals surface area contributed by atoms with Crippen LogP contribution in [0.25, 0.3) is 0 Å². The number of nitrogens with zero attached hydrogens (tertiary/aromatic N) is 4. The number of aromatic nitrogens is 4. The van der Waals surface area contributed by atoms with Crippen molar-refractivity contribution in [2.24, 2.45) is 5.92 Å². The molecule has 1 N–H and O–H groups in total. The molecule has 1 aromatic heterocycles. The van der Waals surface area contributed by atoms with Crippen LogP contribution in [0.3, 0.4) is 0 Å². The van der Waals surface area contributed by atoms with E-state index in [2.05, 4.69) is 22.4 Å². The van der Waals surface area contributed by atoms with Crippen molar-refractivity contribution in [1.82, 2.24) is 20.2 Å². The van der Waals surface area contributed by atoms with Gasteiger partial charge in [0.15, 0.2) is 5.82 Å². The molecule has 0 aliphatic heterocycles. The first-order chi connectivity index (χ1) is 7.68. The van der Waals surface area contributed by atoms with Gasteiger partial charge in [-0.25, -0.2) is 4.68 Å². The van der Waals surface area contributed by atoms with E-state index in [1.165, 1.54) is 12.8 Å². The molecule has 1 unspecified atom stereocenters. The van der Waals surface area contributed by atoms with Gasteiger partial charge in [-0.1, -0.05) is 6.92 Å². The number of aliphatic carboxylic acids is 1. The molecule has 0 bridgehead atoms. The summed E-state index contributed by atoms with van der Waals surface area (Å²) in [5.74, 6) is 1.22. The SMILES string of the molecule is CC(c1nnnn1CCCC(=O)O)C1CC1. The summed E-state index contributed by atoms with van der Waals surface area (Å²) in [5, 5.41) is 20.2. The standard InChI is InChI=1S/C10H16N4O2/c1-7(8-4-5-8)10-11-12-13-14(10)6-2-3-9(15)16/h7-8H,2-6H2,1H3,(H,15,16). The first-order valence-corrected chi connectivity index (χ1v) is 5.66. The fourth-order valence-corrected chi connectivity index (χ4v) is 1.88. The topological polar surface area (TPSA) is 80.9 Å². The molecule has 1 aliphatic rings. The molecule has 0 aromatic carbocycles.